The molecule has 0 spiro atoms. The van der Waals surface area contributed by atoms with E-state index in [1.807, 2.05) is 45.0 Å². The van der Waals surface area contributed by atoms with Gasteiger partial charge in [-0.05, 0) is 57.2 Å². The van der Waals surface area contributed by atoms with Crippen molar-refractivity contribution in [2.75, 3.05) is 12.4 Å². The number of ether oxygens (including phenoxy) is 1. The first-order valence-corrected chi connectivity index (χ1v) is 9.84. The molecule has 0 aliphatic carbocycles. The summed E-state index contributed by atoms with van der Waals surface area (Å²) in [4.78, 5) is 17.9. The van der Waals surface area contributed by atoms with Crippen molar-refractivity contribution < 1.29 is 9.53 Å². The van der Waals surface area contributed by atoms with Gasteiger partial charge in [-0.1, -0.05) is 29.3 Å². The highest BCUT2D eigenvalue weighted by Gasteiger charge is 2.20. The van der Waals surface area contributed by atoms with Crippen LogP contribution in [-0.4, -0.2) is 27.8 Å². The molecule has 2 heterocycles. The molecule has 1 N–H and O–H groups in total. The van der Waals surface area contributed by atoms with Gasteiger partial charge >= 0.3 is 0 Å². The molecule has 0 aliphatic rings. The normalized spacial score (nSPS) is 11.0. The molecule has 0 bridgehead atoms. The molecule has 2 aromatic carbocycles. The summed E-state index contributed by atoms with van der Waals surface area (Å²) < 4.78 is 7.11. The van der Waals surface area contributed by atoms with Crippen molar-refractivity contribution in [3.8, 4) is 11.4 Å². The van der Waals surface area contributed by atoms with Crippen LogP contribution >= 0.6 is 11.6 Å². The number of hydrogen-bond acceptors (Lipinski definition) is 4. The summed E-state index contributed by atoms with van der Waals surface area (Å²) in [6.45, 7) is 5.77. The Kier molecular flexibility index (Phi) is 5.18. The van der Waals surface area contributed by atoms with Crippen molar-refractivity contribution in [1.82, 2.24) is 14.8 Å². The number of amides is 1. The molecule has 30 heavy (non-hydrogen) atoms. The van der Waals surface area contributed by atoms with Crippen LogP contribution in [0.4, 0.5) is 5.69 Å². The van der Waals surface area contributed by atoms with Crippen LogP contribution in [0.1, 0.15) is 27.3 Å². The third-order valence-corrected chi connectivity index (χ3v) is 5.11. The molecule has 0 aliphatic heterocycles. The lowest BCUT2D eigenvalue weighted by atomic mass is 10.1. The number of halogens is 1. The molecular formula is C23H21ClN4O2. The summed E-state index contributed by atoms with van der Waals surface area (Å²) in [5, 5.41) is 8.78. The van der Waals surface area contributed by atoms with E-state index in [-0.39, 0.29) is 5.91 Å². The van der Waals surface area contributed by atoms with Gasteiger partial charge in [0.2, 0.25) is 0 Å². The number of carbonyl (C=O) groups is 1. The maximum Gasteiger partial charge on any atom is 0.256 e. The van der Waals surface area contributed by atoms with Crippen LogP contribution in [0.25, 0.3) is 16.7 Å². The second-order valence-corrected chi connectivity index (χ2v) is 7.58. The fraction of sp³-hybridized carbons (Fsp3) is 0.174. The second-order valence-electron chi connectivity index (χ2n) is 7.14. The number of methoxy groups -OCH3 is 1. The summed E-state index contributed by atoms with van der Waals surface area (Å²) in [5.74, 6) is 0.250. The summed E-state index contributed by atoms with van der Waals surface area (Å²) in [6, 6.07) is 14.9. The highest BCUT2D eigenvalue weighted by Crippen LogP contribution is 2.30. The van der Waals surface area contributed by atoms with Crippen molar-refractivity contribution in [2.24, 2.45) is 0 Å². The van der Waals surface area contributed by atoms with Crippen LogP contribution in [0.15, 0.2) is 48.5 Å². The SMILES string of the molecule is COc1ccc(Cl)cc1NC(=O)c1cc(C)nc2c1c(C)nn2-c1ccc(C)cc1. The van der Waals surface area contributed by atoms with Crippen molar-refractivity contribution in [1.29, 1.82) is 0 Å². The lowest BCUT2D eigenvalue weighted by Gasteiger charge is -2.12. The van der Waals surface area contributed by atoms with Gasteiger partial charge in [0.1, 0.15) is 5.75 Å². The van der Waals surface area contributed by atoms with E-state index in [4.69, 9.17) is 16.3 Å². The largest absolute Gasteiger partial charge is 0.495 e. The number of hydrogen-bond donors (Lipinski definition) is 1. The van der Waals surface area contributed by atoms with Gasteiger partial charge in [0.05, 0.1) is 35.1 Å². The molecule has 0 saturated heterocycles. The number of nitrogens with zero attached hydrogens (tertiary/aromatic N) is 3. The number of anilines is 1. The Bertz CT molecular complexity index is 1260. The number of aromatic nitrogens is 3. The Balaban J connectivity index is 1.83. The summed E-state index contributed by atoms with van der Waals surface area (Å²) >= 11 is 6.10. The van der Waals surface area contributed by atoms with E-state index in [0.717, 1.165) is 22.6 Å². The number of pyridine rings is 1. The van der Waals surface area contributed by atoms with Crippen LogP contribution in [0.3, 0.4) is 0 Å². The van der Waals surface area contributed by atoms with Crippen LogP contribution < -0.4 is 10.1 Å². The first-order valence-electron chi connectivity index (χ1n) is 9.46. The lowest BCUT2D eigenvalue weighted by Crippen LogP contribution is -2.14. The molecule has 4 aromatic rings. The first kappa shape index (κ1) is 19.9. The average molecular weight is 421 g/mol. The van der Waals surface area contributed by atoms with Crippen LogP contribution in [-0.2, 0) is 0 Å². The van der Waals surface area contributed by atoms with Crippen LogP contribution in [0.5, 0.6) is 5.75 Å². The molecule has 0 atom stereocenters. The predicted octanol–water partition coefficient (Wildman–Crippen LogP) is 5.26. The Morgan fingerprint density at radius 1 is 1.07 bits per heavy atom. The Hall–Kier alpha value is -3.38. The molecule has 6 nitrogen and oxygen atoms in total. The topological polar surface area (TPSA) is 69.0 Å². The van der Waals surface area contributed by atoms with Gasteiger partial charge in [0, 0.05) is 10.7 Å². The van der Waals surface area contributed by atoms with E-state index in [1.54, 1.807) is 36.1 Å². The highest BCUT2D eigenvalue weighted by atomic mass is 35.5. The third kappa shape index (κ3) is 3.62. The van der Waals surface area contributed by atoms with E-state index in [0.29, 0.717) is 33.1 Å². The molecule has 2 aromatic heterocycles. The van der Waals surface area contributed by atoms with E-state index in [9.17, 15) is 4.79 Å². The number of benzene rings is 2. The van der Waals surface area contributed by atoms with Gasteiger partial charge in [-0.2, -0.15) is 5.10 Å². The predicted molar refractivity (Wildman–Crippen MR) is 119 cm³/mol. The molecule has 0 saturated carbocycles. The molecule has 0 fully saturated rings. The van der Waals surface area contributed by atoms with Gasteiger partial charge < -0.3 is 10.1 Å². The fourth-order valence-electron chi connectivity index (χ4n) is 3.43. The minimum atomic E-state index is -0.280. The number of aryl methyl sites for hydroxylation is 3. The zero-order valence-corrected chi connectivity index (χ0v) is 17.9. The number of carbonyl (C=O) groups excluding carboxylic acids is 1. The molecule has 0 unspecified atom stereocenters. The number of nitrogens with one attached hydrogen (secondary N) is 1. The Morgan fingerprint density at radius 2 is 1.80 bits per heavy atom. The van der Waals surface area contributed by atoms with Crippen molar-refractivity contribution >= 4 is 34.2 Å². The minimum Gasteiger partial charge on any atom is -0.495 e. The fourth-order valence-corrected chi connectivity index (χ4v) is 3.60. The van der Waals surface area contributed by atoms with Gasteiger partial charge in [-0.3, -0.25) is 4.79 Å². The van der Waals surface area contributed by atoms with E-state index in [1.165, 1.54) is 0 Å². The van der Waals surface area contributed by atoms with E-state index in [2.05, 4.69) is 15.4 Å². The number of rotatable bonds is 4. The Labute approximate surface area is 179 Å². The highest BCUT2D eigenvalue weighted by molar-refractivity contribution is 6.31. The van der Waals surface area contributed by atoms with Gasteiger partial charge in [-0.15, -0.1) is 0 Å². The van der Waals surface area contributed by atoms with E-state index >= 15 is 0 Å². The smallest absolute Gasteiger partial charge is 0.256 e. The molecular weight excluding hydrogens is 400 g/mol. The standard InChI is InChI=1S/C23H21ClN4O2/c1-13-5-8-17(9-6-13)28-22-21(15(3)27-28)18(11-14(2)25-22)23(29)26-19-12-16(24)7-10-20(19)30-4/h5-12H,1-4H3,(H,26,29). The van der Waals surface area contributed by atoms with Gasteiger partial charge in [-0.25, -0.2) is 9.67 Å². The third-order valence-electron chi connectivity index (χ3n) is 4.87. The minimum absolute atomic E-state index is 0.280. The molecule has 7 heteroatoms. The zero-order valence-electron chi connectivity index (χ0n) is 17.2. The average Bonchev–Trinajstić information content (AvgIpc) is 3.04. The van der Waals surface area contributed by atoms with Gasteiger partial charge in [0.25, 0.3) is 5.91 Å². The maximum absolute atomic E-state index is 13.2. The lowest BCUT2D eigenvalue weighted by molar-refractivity contribution is 0.102. The monoisotopic (exact) mass is 420 g/mol. The second kappa shape index (κ2) is 7.80. The zero-order chi connectivity index (χ0) is 21.4. The van der Waals surface area contributed by atoms with Crippen LogP contribution in [0, 0.1) is 20.8 Å². The van der Waals surface area contributed by atoms with Gasteiger partial charge in [0.15, 0.2) is 5.65 Å². The van der Waals surface area contributed by atoms with Crippen molar-refractivity contribution in [3.05, 3.63) is 76.1 Å². The van der Waals surface area contributed by atoms with Crippen molar-refractivity contribution in [3.63, 3.8) is 0 Å². The summed E-state index contributed by atoms with van der Waals surface area (Å²) in [7, 11) is 1.55. The quantitative estimate of drug-likeness (QED) is 0.489. The molecule has 4 rings (SSSR count). The maximum atomic E-state index is 13.2. The summed E-state index contributed by atoms with van der Waals surface area (Å²) in [5.41, 5.74) is 5.13. The number of fused-ring (bicyclic) bond motifs is 1. The van der Waals surface area contributed by atoms with E-state index < -0.39 is 0 Å². The molecule has 152 valence electrons. The summed E-state index contributed by atoms with van der Waals surface area (Å²) in [6.07, 6.45) is 0. The first-order chi connectivity index (χ1) is 14.4. The molecule has 0 radical (unpaired) electrons. The Morgan fingerprint density at radius 3 is 2.50 bits per heavy atom. The van der Waals surface area contributed by atoms with Crippen molar-refractivity contribution in [2.45, 2.75) is 20.8 Å². The van der Waals surface area contributed by atoms with Crippen LogP contribution in [0.2, 0.25) is 5.02 Å². The molecule has 1 amide bonds.